The third-order valence-electron chi connectivity index (χ3n) is 4.81. The Balaban J connectivity index is 2.04. The molecule has 0 radical (unpaired) electrons. The summed E-state index contributed by atoms with van der Waals surface area (Å²) in [6, 6.07) is 1.03. The minimum absolute atomic E-state index is 0.368. The molecule has 0 spiro atoms. The Morgan fingerprint density at radius 2 is 1.89 bits per heavy atom. The third kappa shape index (κ3) is 2.69. The lowest BCUT2D eigenvalue weighted by Crippen LogP contribution is -2.56. The molecule has 18 heavy (non-hydrogen) atoms. The van der Waals surface area contributed by atoms with Crippen molar-refractivity contribution in [1.29, 1.82) is 0 Å². The molecule has 2 rings (SSSR count). The molecule has 0 aromatic carbocycles. The number of carboxylic acids is 1. The van der Waals surface area contributed by atoms with Crippen molar-refractivity contribution in [3.05, 3.63) is 0 Å². The topological polar surface area (TPSA) is 66.6 Å². The van der Waals surface area contributed by atoms with Gasteiger partial charge >= 0.3 is 5.97 Å². The highest BCUT2D eigenvalue weighted by Gasteiger charge is 2.42. The van der Waals surface area contributed by atoms with Crippen LogP contribution in [0.15, 0.2) is 0 Å². The molecule has 104 valence electrons. The van der Waals surface area contributed by atoms with E-state index in [1.165, 1.54) is 25.7 Å². The highest BCUT2D eigenvalue weighted by molar-refractivity contribution is 5.78. The summed E-state index contributed by atoms with van der Waals surface area (Å²) in [4.78, 5) is 13.8. The first-order valence-corrected chi connectivity index (χ1v) is 7.35. The van der Waals surface area contributed by atoms with Crippen LogP contribution in [0.1, 0.15) is 58.3 Å². The predicted molar refractivity (Wildman–Crippen MR) is 71.4 cm³/mol. The zero-order valence-electron chi connectivity index (χ0n) is 11.4. The van der Waals surface area contributed by atoms with Crippen molar-refractivity contribution >= 4 is 5.97 Å². The summed E-state index contributed by atoms with van der Waals surface area (Å²) in [6.45, 7) is 3.21. The first-order chi connectivity index (χ1) is 8.57. The van der Waals surface area contributed by atoms with E-state index in [4.69, 9.17) is 5.73 Å². The van der Waals surface area contributed by atoms with Crippen molar-refractivity contribution in [2.24, 2.45) is 5.73 Å². The molecule has 2 aliphatic rings. The maximum atomic E-state index is 11.3. The van der Waals surface area contributed by atoms with E-state index in [2.05, 4.69) is 11.8 Å². The highest BCUT2D eigenvalue weighted by Crippen LogP contribution is 2.34. The molecule has 0 amide bonds. The number of rotatable bonds is 4. The van der Waals surface area contributed by atoms with Crippen LogP contribution in [-0.2, 0) is 4.79 Å². The average Bonchev–Trinajstić information content (AvgIpc) is 2.84. The predicted octanol–water partition coefficient (Wildman–Crippen LogP) is 1.98. The van der Waals surface area contributed by atoms with Crippen LogP contribution in [0.2, 0.25) is 0 Å². The lowest BCUT2D eigenvalue weighted by molar-refractivity contribution is -0.145. The molecule has 0 aromatic heterocycles. The number of nitrogens with zero attached hydrogens (tertiary/aromatic N) is 1. The fraction of sp³-hybridized carbons (Fsp3) is 0.929. The summed E-state index contributed by atoms with van der Waals surface area (Å²) in [5.41, 5.74) is 5.07. The van der Waals surface area contributed by atoms with Crippen molar-refractivity contribution in [1.82, 2.24) is 4.90 Å². The number of carbonyl (C=O) groups is 1. The number of aliphatic carboxylic acids is 1. The fourth-order valence-electron chi connectivity index (χ4n) is 3.81. The van der Waals surface area contributed by atoms with Gasteiger partial charge in [-0.25, -0.2) is 0 Å². The molecule has 2 fully saturated rings. The lowest BCUT2D eigenvalue weighted by atomic mass is 9.78. The Hall–Kier alpha value is -0.610. The SMILES string of the molecule is CCN(C1CCCC1)C1CCCC(N)(C(=O)O)C1. The first-order valence-electron chi connectivity index (χ1n) is 7.35. The minimum atomic E-state index is -0.991. The summed E-state index contributed by atoms with van der Waals surface area (Å²) < 4.78 is 0. The van der Waals surface area contributed by atoms with Crippen LogP contribution in [0, 0.1) is 0 Å². The van der Waals surface area contributed by atoms with Crippen LogP contribution in [0.4, 0.5) is 0 Å². The summed E-state index contributed by atoms with van der Waals surface area (Å²) in [7, 11) is 0. The van der Waals surface area contributed by atoms with Crippen molar-refractivity contribution in [2.75, 3.05) is 6.54 Å². The van der Waals surface area contributed by atoms with Crippen molar-refractivity contribution in [2.45, 2.75) is 75.9 Å². The van der Waals surface area contributed by atoms with Gasteiger partial charge in [0.05, 0.1) is 0 Å². The van der Waals surface area contributed by atoms with Crippen molar-refractivity contribution in [3.8, 4) is 0 Å². The number of carboxylic acid groups (broad SMARTS) is 1. The van der Waals surface area contributed by atoms with Gasteiger partial charge in [0.25, 0.3) is 0 Å². The van der Waals surface area contributed by atoms with E-state index < -0.39 is 11.5 Å². The molecule has 2 unspecified atom stereocenters. The maximum Gasteiger partial charge on any atom is 0.323 e. The Morgan fingerprint density at radius 1 is 1.28 bits per heavy atom. The van der Waals surface area contributed by atoms with Gasteiger partial charge in [0.2, 0.25) is 0 Å². The third-order valence-corrected chi connectivity index (χ3v) is 4.81. The van der Waals surface area contributed by atoms with Gasteiger partial charge in [-0.15, -0.1) is 0 Å². The molecule has 0 aromatic rings. The van der Waals surface area contributed by atoms with Crippen LogP contribution in [0.5, 0.6) is 0 Å². The summed E-state index contributed by atoms with van der Waals surface area (Å²) >= 11 is 0. The molecular formula is C14H26N2O2. The van der Waals surface area contributed by atoms with Gasteiger partial charge in [0.1, 0.15) is 5.54 Å². The quantitative estimate of drug-likeness (QED) is 0.805. The van der Waals surface area contributed by atoms with E-state index in [1.54, 1.807) is 0 Å². The standard InChI is InChI=1S/C14H26N2O2/c1-2-16(11-6-3-4-7-11)12-8-5-9-14(15,10-12)13(17)18/h11-12H,2-10,15H2,1H3,(H,17,18). The van der Waals surface area contributed by atoms with Crippen LogP contribution in [0.3, 0.4) is 0 Å². The zero-order chi connectivity index (χ0) is 13.2. The second-order valence-corrected chi connectivity index (χ2v) is 5.98. The van der Waals surface area contributed by atoms with Crippen LogP contribution in [-0.4, -0.2) is 40.1 Å². The molecule has 3 N–H and O–H groups in total. The van der Waals surface area contributed by atoms with Crippen molar-refractivity contribution < 1.29 is 9.90 Å². The number of hydrogen-bond donors (Lipinski definition) is 2. The van der Waals surface area contributed by atoms with Crippen LogP contribution in [0.25, 0.3) is 0 Å². The highest BCUT2D eigenvalue weighted by atomic mass is 16.4. The van der Waals surface area contributed by atoms with Gasteiger partial charge in [0, 0.05) is 12.1 Å². The van der Waals surface area contributed by atoms with Gasteiger partial charge in [-0.1, -0.05) is 19.8 Å². The molecule has 2 saturated carbocycles. The van der Waals surface area contributed by atoms with E-state index in [0.717, 1.165) is 19.4 Å². The molecule has 4 heteroatoms. The van der Waals surface area contributed by atoms with Gasteiger partial charge in [-0.3, -0.25) is 9.69 Å². The summed E-state index contributed by atoms with van der Waals surface area (Å²) in [5.74, 6) is -0.824. The van der Waals surface area contributed by atoms with E-state index in [9.17, 15) is 9.90 Å². The Morgan fingerprint density at radius 3 is 2.44 bits per heavy atom. The van der Waals surface area contributed by atoms with E-state index >= 15 is 0 Å². The zero-order valence-corrected chi connectivity index (χ0v) is 11.4. The molecule has 0 bridgehead atoms. The molecule has 2 atom stereocenters. The summed E-state index contributed by atoms with van der Waals surface area (Å²) in [5, 5.41) is 9.29. The monoisotopic (exact) mass is 254 g/mol. The molecule has 0 heterocycles. The van der Waals surface area contributed by atoms with Gasteiger partial charge in [-0.2, -0.15) is 0 Å². The second-order valence-electron chi connectivity index (χ2n) is 5.98. The number of nitrogens with two attached hydrogens (primary N) is 1. The second kappa shape index (κ2) is 5.57. The Labute approximate surface area is 110 Å². The van der Waals surface area contributed by atoms with E-state index in [-0.39, 0.29) is 0 Å². The van der Waals surface area contributed by atoms with E-state index in [0.29, 0.717) is 24.9 Å². The summed E-state index contributed by atoms with van der Waals surface area (Å²) in [6.07, 6.45) is 8.48. The van der Waals surface area contributed by atoms with Gasteiger partial charge in [-0.05, 0) is 45.1 Å². The normalized spacial score (nSPS) is 34.1. The molecule has 2 aliphatic carbocycles. The van der Waals surface area contributed by atoms with E-state index in [1.807, 2.05) is 0 Å². The average molecular weight is 254 g/mol. The molecule has 0 aliphatic heterocycles. The van der Waals surface area contributed by atoms with Crippen LogP contribution < -0.4 is 5.73 Å². The van der Waals surface area contributed by atoms with Gasteiger partial charge in [0.15, 0.2) is 0 Å². The Kier molecular flexibility index (Phi) is 4.28. The molecule has 0 saturated heterocycles. The Bertz CT molecular complexity index is 302. The minimum Gasteiger partial charge on any atom is -0.480 e. The van der Waals surface area contributed by atoms with Crippen LogP contribution >= 0.6 is 0 Å². The molecular weight excluding hydrogens is 228 g/mol. The van der Waals surface area contributed by atoms with Gasteiger partial charge < -0.3 is 10.8 Å². The maximum absolute atomic E-state index is 11.3. The largest absolute Gasteiger partial charge is 0.480 e. The van der Waals surface area contributed by atoms with Crippen molar-refractivity contribution in [3.63, 3.8) is 0 Å². The number of hydrogen-bond acceptors (Lipinski definition) is 3. The molecule has 4 nitrogen and oxygen atoms in total. The smallest absolute Gasteiger partial charge is 0.323 e. The lowest BCUT2D eigenvalue weighted by Gasteiger charge is -2.42. The first kappa shape index (κ1) is 13.8. The fourth-order valence-corrected chi connectivity index (χ4v) is 3.81.